The summed E-state index contributed by atoms with van der Waals surface area (Å²) < 4.78 is 32.9. The van der Waals surface area contributed by atoms with E-state index in [0.717, 1.165) is 32.7 Å². The van der Waals surface area contributed by atoms with Crippen LogP contribution in [0, 0.1) is 11.3 Å². The standard InChI is InChI=1S/C25H29N5O3S/c1-3-30(4-2)34(31,32)22-12-10-21(11-13-22)24-27-23(18-26)25(33-24)29-16-14-28(15-17-29)19-20-8-6-5-7-9-20/h5-13H,3-4,14-17,19H2,1-2H3. The Kier molecular flexibility index (Phi) is 7.32. The van der Waals surface area contributed by atoms with Gasteiger partial charge in [-0.1, -0.05) is 44.2 Å². The molecule has 3 aromatic rings. The number of piperazine rings is 1. The molecule has 0 bridgehead atoms. The molecule has 0 N–H and O–H groups in total. The van der Waals surface area contributed by atoms with Gasteiger partial charge in [0.15, 0.2) is 0 Å². The van der Waals surface area contributed by atoms with E-state index in [1.807, 2.05) is 32.0 Å². The van der Waals surface area contributed by atoms with E-state index in [2.05, 4.69) is 33.0 Å². The summed E-state index contributed by atoms with van der Waals surface area (Å²) in [5, 5.41) is 9.63. The summed E-state index contributed by atoms with van der Waals surface area (Å²) in [6, 6.07) is 19.0. The van der Waals surface area contributed by atoms with E-state index in [9.17, 15) is 13.7 Å². The molecular weight excluding hydrogens is 450 g/mol. The highest BCUT2D eigenvalue weighted by molar-refractivity contribution is 7.89. The van der Waals surface area contributed by atoms with Crippen LogP contribution in [0.1, 0.15) is 25.1 Å². The smallest absolute Gasteiger partial charge is 0.243 e. The average Bonchev–Trinajstić information content (AvgIpc) is 3.30. The first kappa shape index (κ1) is 24.0. The molecule has 0 radical (unpaired) electrons. The van der Waals surface area contributed by atoms with E-state index in [4.69, 9.17) is 4.42 Å². The van der Waals surface area contributed by atoms with Gasteiger partial charge in [0.2, 0.25) is 27.5 Å². The second-order valence-corrected chi connectivity index (χ2v) is 10.1. The van der Waals surface area contributed by atoms with Crippen LogP contribution >= 0.6 is 0 Å². The predicted octanol–water partition coefficient (Wildman–Crippen LogP) is 3.57. The molecular formula is C25H29N5O3S. The van der Waals surface area contributed by atoms with Crippen LogP contribution in [0.15, 0.2) is 63.9 Å². The number of oxazole rings is 1. The van der Waals surface area contributed by atoms with Crippen LogP contribution in [0.3, 0.4) is 0 Å². The minimum atomic E-state index is -3.54. The molecule has 0 amide bonds. The third-order valence-electron chi connectivity index (χ3n) is 6.07. The van der Waals surface area contributed by atoms with Crippen molar-refractivity contribution in [3.05, 3.63) is 65.9 Å². The van der Waals surface area contributed by atoms with Crippen molar-refractivity contribution in [1.82, 2.24) is 14.2 Å². The van der Waals surface area contributed by atoms with Gasteiger partial charge >= 0.3 is 0 Å². The summed E-state index contributed by atoms with van der Waals surface area (Å²) in [5.41, 5.74) is 2.15. The van der Waals surface area contributed by atoms with Crippen LogP contribution in [-0.2, 0) is 16.6 Å². The Hall–Kier alpha value is -3.19. The van der Waals surface area contributed by atoms with E-state index in [1.165, 1.54) is 9.87 Å². The van der Waals surface area contributed by atoms with E-state index in [1.54, 1.807) is 24.3 Å². The van der Waals surface area contributed by atoms with Crippen LogP contribution in [0.5, 0.6) is 0 Å². The fraction of sp³-hybridized carbons (Fsp3) is 0.360. The molecule has 4 rings (SSSR count). The van der Waals surface area contributed by atoms with Gasteiger partial charge in [-0.25, -0.2) is 8.42 Å². The Labute approximate surface area is 201 Å². The quantitative estimate of drug-likeness (QED) is 0.488. The number of nitrogens with zero attached hydrogens (tertiary/aromatic N) is 5. The molecule has 1 aromatic heterocycles. The van der Waals surface area contributed by atoms with Crippen molar-refractivity contribution in [2.75, 3.05) is 44.2 Å². The summed E-state index contributed by atoms with van der Waals surface area (Å²) >= 11 is 0. The summed E-state index contributed by atoms with van der Waals surface area (Å²) in [4.78, 5) is 9.03. The molecule has 0 spiro atoms. The number of aromatic nitrogens is 1. The molecule has 1 saturated heterocycles. The maximum atomic E-state index is 12.7. The van der Waals surface area contributed by atoms with Gasteiger partial charge < -0.3 is 9.32 Å². The SMILES string of the molecule is CCN(CC)S(=O)(=O)c1ccc(-c2nc(C#N)c(N3CCN(Cc4ccccc4)CC3)o2)cc1. The van der Waals surface area contributed by atoms with Crippen molar-refractivity contribution in [3.8, 4) is 17.5 Å². The van der Waals surface area contributed by atoms with Crippen molar-refractivity contribution >= 4 is 15.9 Å². The molecule has 9 heteroatoms. The van der Waals surface area contributed by atoms with Gasteiger partial charge in [0, 0.05) is 51.4 Å². The van der Waals surface area contributed by atoms with E-state index in [-0.39, 0.29) is 10.6 Å². The number of hydrogen-bond donors (Lipinski definition) is 0. The summed E-state index contributed by atoms with van der Waals surface area (Å²) in [6.07, 6.45) is 0. The maximum absolute atomic E-state index is 12.7. The van der Waals surface area contributed by atoms with Gasteiger partial charge in [0.25, 0.3) is 0 Å². The minimum absolute atomic E-state index is 0.224. The highest BCUT2D eigenvalue weighted by Crippen LogP contribution is 2.30. The van der Waals surface area contributed by atoms with Gasteiger partial charge in [-0.3, -0.25) is 4.90 Å². The number of benzene rings is 2. The zero-order valence-electron chi connectivity index (χ0n) is 19.5. The third-order valence-corrected chi connectivity index (χ3v) is 8.13. The number of sulfonamides is 1. The van der Waals surface area contributed by atoms with Gasteiger partial charge in [0.1, 0.15) is 6.07 Å². The second-order valence-electron chi connectivity index (χ2n) is 8.15. The van der Waals surface area contributed by atoms with Crippen LogP contribution in [-0.4, -0.2) is 61.9 Å². The summed E-state index contributed by atoms with van der Waals surface area (Å²) in [5.74, 6) is 0.779. The fourth-order valence-corrected chi connectivity index (χ4v) is 5.61. The van der Waals surface area contributed by atoms with Crippen LogP contribution in [0.2, 0.25) is 0 Å². The topological polar surface area (TPSA) is 93.7 Å². The van der Waals surface area contributed by atoms with Crippen molar-refractivity contribution in [2.24, 2.45) is 0 Å². The molecule has 2 aromatic carbocycles. The Bertz CT molecular complexity index is 1240. The van der Waals surface area contributed by atoms with Gasteiger partial charge in [-0.15, -0.1) is 0 Å². The predicted molar refractivity (Wildman–Crippen MR) is 131 cm³/mol. The monoisotopic (exact) mass is 479 g/mol. The number of nitriles is 1. The first-order valence-corrected chi connectivity index (χ1v) is 12.9. The lowest BCUT2D eigenvalue weighted by Gasteiger charge is -2.34. The maximum Gasteiger partial charge on any atom is 0.243 e. The molecule has 1 fully saturated rings. The lowest BCUT2D eigenvalue weighted by molar-refractivity contribution is 0.246. The van der Waals surface area contributed by atoms with Crippen LogP contribution in [0.25, 0.3) is 11.5 Å². The van der Waals surface area contributed by atoms with Gasteiger partial charge in [-0.2, -0.15) is 14.6 Å². The Morgan fingerprint density at radius 3 is 2.24 bits per heavy atom. The number of hydrogen-bond acceptors (Lipinski definition) is 7. The van der Waals surface area contributed by atoms with E-state index in [0.29, 0.717) is 30.4 Å². The molecule has 0 aliphatic carbocycles. The molecule has 2 heterocycles. The minimum Gasteiger partial charge on any atom is -0.419 e. The Morgan fingerprint density at radius 2 is 1.65 bits per heavy atom. The zero-order valence-corrected chi connectivity index (χ0v) is 20.3. The fourth-order valence-electron chi connectivity index (χ4n) is 4.16. The largest absolute Gasteiger partial charge is 0.419 e. The molecule has 178 valence electrons. The zero-order chi connectivity index (χ0) is 24.1. The summed E-state index contributed by atoms with van der Waals surface area (Å²) in [7, 11) is -3.54. The van der Waals surface area contributed by atoms with Crippen molar-refractivity contribution in [3.63, 3.8) is 0 Å². The second kappa shape index (κ2) is 10.4. The normalized spacial score (nSPS) is 14.9. The number of rotatable bonds is 8. The lowest BCUT2D eigenvalue weighted by Crippen LogP contribution is -2.46. The molecule has 8 nitrogen and oxygen atoms in total. The molecule has 0 saturated carbocycles. The first-order chi connectivity index (χ1) is 16.5. The van der Waals surface area contributed by atoms with Crippen LogP contribution in [0.4, 0.5) is 5.88 Å². The highest BCUT2D eigenvalue weighted by atomic mass is 32.2. The van der Waals surface area contributed by atoms with E-state index < -0.39 is 10.0 Å². The molecule has 1 aliphatic heterocycles. The highest BCUT2D eigenvalue weighted by Gasteiger charge is 2.25. The first-order valence-electron chi connectivity index (χ1n) is 11.5. The summed E-state index contributed by atoms with van der Waals surface area (Å²) in [6.45, 7) is 8.52. The molecule has 34 heavy (non-hydrogen) atoms. The Balaban J connectivity index is 1.48. The van der Waals surface area contributed by atoms with Crippen molar-refractivity contribution < 1.29 is 12.8 Å². The van der Waals surface area contributed by atoms with Gasteiger partial charge in [0.05, 0.1) is 4.90 Å². The van der Waals surface area contributed by atoms with Crippen molar-refractivity contribution in [1.29, 1.82) is 5.26 Å². The van der Waals surface area contributed by atoms with Crippen LogP contribution < -0.4 is 4.90 Å². The number of anilines is 1. The van der Waals surface area contributed by atoms with Gasteiger partial charge in [-0.05, 0) is 29.8 Å². The molecule has 0 unspecified atom stereocenters. The van der Waals surface area contributed by atoms with Crippen molar-refractivity contribution in [2.45, 2.75) is 25.3 Å². The Morgan fingerprint density at radius 1 is 1.00 bits per heavy atom. The molecule has 1 aliphatic rings. The average molecular weight is 480 g/mol. The lowest BCUT2D eigenvalue weighted by atomic mass is 10.2. The van der Waals surface area contributed by atoms with E-state index >= 15 is 0 Å². The third kappa shape index (κ3) is 4.99. The molecule has 0 atom stereocenters.